The predicted molar refractivity (Wildman–Crippen MR) is 176 cm³/mol. The van der Waals surface area contributed by atoms with Crippen molar-refractivity contribution in [2.45, 2.75) is 121 Å². The molecule has 0 heterocycles. The molecule has 0 atom stereocenters. The number of quaternary nitrogens is 1. The fraction of sp³-hybridized carbons (Fsp3) is 0.636. The van der Waals surface area contributed by atoms with Crippen LogP contribution in [-0.2, 0) is 16.7 Å². The number of benzene rings is 2. The summed E-state index contributed by atoms with van der Waals surface area (Å²) in [5.41, 5.74) is -0.222. The van der Waals surface area contributed by atoms with Gasteiger partial charge in [0.05, 0.1) is 36.6 Å². The predicted octanol–water partition coefficient (Wildman–Crippen LogP) is 9.27. The van der Waals surface area contributed by atoms with Crippen LogP contribution < -0.4 is 0 Å². The molecule has 0 saturated heterocycles. The molecule has 0 saturated carbocycles. The van der Waals surface area contributed by atoms with E-state index in [1.165, 1.54) is 115 Å². The number of non-ortho nitro benzene ring substituents is 1. The molecule has 2 aromatic rings. The van der Waals surface area contributed by atoms with Crippen LogP contribution in [0, 0.1) is 20.2 Å². The van der Waals surface area contributed by atoms with E-state index < -0.39 is 36.2 Å². The van der Waals surface area contributed by atoms with Gasteiger partial charge in [-0.2, -0.15) is 8.42 Å². The maximum Gasteiger partial charge on any atom is 0.301 e. The van der Waals surface area contributed by atoms with Gasteiger partial charge in [0, 0.05) is 11.6 Å². The van der Waals surface area contributed by atoms with Gasteiger partial charge in [-0.05, 0) is 18.9 Å². The van der Waals surface area contributed by atoms with E-state index in [-0.39, 0.29) is 0 Å². The Labute approximate surface area is 264 Å². The number of hydrogen-bond donors (Lipinski definition) is 1. The van der Waals surface area contributed by atoms with E-state index in [9.17, 15) is 28.6 Å². The van der Waals surface area contributed by atoms with Crippen molar-refractivity contribution in [3.63, 3.8) is 0 Å². The van der Waals surface area contributed by atoms with Crippen molar-refractivity contribution >= 4 is 21.5 Å². The van der Waals surface area contributed by atoms with Crippen LogP contribution in [0.25, 0.3) is 0 Å². The highest BCUT2D eigenvalue weighted by Gasteiger charge is 2.26. The zero-order valence-corrected chi connectivity index (χ0v) is 27.8. The third-order valence-electron chi connectivity index (χ3n) is 7.70. The minimum Gasteiger partial charge on any atom is -0.325 e. The summed E-state index contributed by atoms with van der Waals surface area (Å²) in [6, 6.07) is 12.7. The molecular formula is C33H54N3O7S+. The molecule has 248 valence electrons. The van der Waals surface area contributed by atoms with E-state index in [0.717, 1.165) is 17.1 Å². The topological polar surface area (TPSA) is 141 Å². The lowest BCUT2D eigenvalue weighted by Gasteiger charge is -2.30. The van der Waals surface area contributed by atoms with Gasteiger partial charge in [-0.1, -0.05) is 127 Å². The van der Waals surface area contributed by atoms with E-state index in [1.807, 2.05) is 0 Å². The first-order chi connectivity index (χ1) is 20.9. The minimum atomic E-state index is -4.79. The second-order valence-corrected chi connectivity index (χ2v) is 13.6. The van der Waals surface area contributed by atoms with E-state index >= 15 is 0 Å². The summed E-state index contributed by atoms with van der Waals surface area (Å²) in [4.78, 5) is 17.7. The van der Waals surface area contributed by atoms with Crippen molar-refractivity contribution in [3.05, 3.63) is 74.3 Å². The average molecular weight is 637 g/mol. The van der Waals surface area contributed by atoms with Crippen LogP contribution in [0.4, 0.5) is 11.4 Å². The molecule has 44 heavy (non-hydrogen) atoms. The molecule has 0 amide bonds. The highest BCUT2D eigenvalue weighted by atomic mass is 32.2. The van der Waals surface area contributed by atoms with Crippen molar-refractivity contribution in [1.82, 2.24) is 0 Å². The Balaban J connectivity index is 0.000000511. The lowest BCUT2D eigenvalue weighted by atomic mass is 10.0. The Morgan fingerprint density at radius 2 is 1.14 bits per heavy atom. The van der Waals surface area contributed by atoms with Crippen molar-refractivity contribution in [1.29, 1.82) is 0 Å². The third kappa shape index (κ3) is 18.0. The molecule has 2 aromatic carbocycles. The highest BCUT2D eigenvalue weighted by molar-refractivity contribution is 7.86. The van der Waals surface area contributed by atoms with E-state index in [2.05, 4.69) is 51.4 Å². The van der Waals surface area contributed by atoms with Gasteiger partial charge >= 0.3 is 10.1 Å². The zero-order valence-electron chi connectivity index (χ0n) is 27.0. The van der Waals surface area contributed by atoms with Crippen LogP contribution in [0.2, 0.25) is 0 Å². The summed E-state index contributed by atoms with van der Waals surface area (Å²) in [6.07, 6.45) is 23.2. The summed E-state index contributed by atoms with van der Waals surface area (Å²) in [5.74, 6) is 0. The Morgan fingerprint density at radius 3 is 1.55 bits per heavy atom. The van der Waals surface area contributed by atoms with Crippen molar-refractivity contribution < 1.29 is 27.3 Å². The van der Waals surface area contributed by atoms with Gasteiger partial charge in [-0.25, -0.2) is 0 Å². The molecule has 1 N–H and O–H groups in total. The monoisotopic (exact) mass is 636 g/mol. The molecule has 0 aliphatic rings. The van der Waals surface area contributed by atoms with Crippen molar-refractivity contribution in [3.8, 4) is 0 Å². The number of rotatable bonds is 22. The summed E-state index contributed by atoms with van der Waals surface area (Å²) in [6.45, 7) is 4.75. The van der Waals surface area contributed by atoms with Crippen LogP contribution in [-0.4, -0.2) is 47.9 Å². The fourth-order valence-electron chi connectivity index (χ4n) is 5.22. The van der Waals surface area contributed by atoms with Crippen molar-refractivity contribution in [2.24, 2.45) is 0 Å². The lowest BCUT2D eigenvalue weighted by Crippen LogP contribution is -2.39. The minimum absolute atomic E-state index is 0.461. The lowest BCUT2D eigenvalue weighted by molar-refractivity contribution is -0.903. The zero-order chi connectivity index (χ0) is 32.8. The molecule has 0 bridgehead atoms. The van der Waals surface area contributed by atoms with Crippen LogP contribution in [0.1, 0.15) is 115 Å². The van der Waals surface area contributed by atoms with E-state index in [4.69, 9.17) is 4.55 Å². The van der Waals surface area contributed by atoms with Crippen LogP contribution in [0.15, 0.2) is 53.4 Å². The second kappa shape index (κ2) is 21.8. The number of unbranched alkanes of at least 4 members (excludes halogenated alkanes) is 15. The Morgan fingerprint density at radius 1 is 0.682 bits per heavy atom. The molecule has 0 spiro atoms. The van der Waals surface area contributed by atoms with Gasteiger partial charge in [0.1, 0.15) is 6.54 Å². The van der Waals surface area contributed by atoms with Gasteiger partial charge in [0.2, 0.25) is 0 Å². The largest absolute Gasteiger partial charge is 0.325 e. The number of nitro groups is 2. The summed E-state index contributed by atoms with van der Waals surface area (Å²) >= 11 is 0. The number of nitro benzene ring substituents is 2. The molecule has 0 fully saturated rings. The molecule has 11 heteroatoms. The maximum atomic E-state index is 10.7. The van der Waals surface area contributed by atoms with Crippen molar-refractivity contribution in [2.75, 3.05) is 20.6 Å². The number of nitrogens with zero attached hydrogens (tertiary/aromatic N) is 3. The van der Waals surface area contributed by atoms with Gasteiger partial charge in [-0.15, -0.1) is 0 Å². The third-order valence-corrected chi connectivity index (χ3v) is 8.60. The number of hydrogen-bond acceptors (Lipinski definition) is 6. The summed E-state index contributed by atoms with van der Waals surface area (Å²) in [7, 11) is -0.0388. The SMILES string of the molecule is CCCCCCCCCCCCCCCCCC[N+](C)(C)Cc1ccccc1.O=[N+]([O-])c1ccc(S(=O)(=O)O)c([N+](=O)[O-])c1. The van der Waals surface area contributed by atoms with Gasteiger partial charge in [0.25, 0.3) is 11.4 Å². The highest BCUT2D eigenvalue weighted by Crippen LogP contribution is 2.28. The average Bonchev–Trinajstić information content (AvgIpc) is 2.96. The second-order valence-electron chi connectivity index (χ2n) is 12.2. The molecule has 10 nitrogen and oxygen atoms in total. The van der Waals surface area contributed by atoms with Gasteiger partial charge in [0.15, 0.2) is 4.90 Å². The first-order valence-electron chi connectivity index (χ1n) is 16.1. The normalized spacial score (nSPS) is 11.5. The van der Waals surface area contributed by atoms with Gasteiger partial charge < -0.3 is 4.48 Å². The standard InChI is InChI=1S/C27H50N.C6H4N2O7S/c1-4-5-6-7-8-9-10-11-12-13-14-15-16-17-18-22-25-28(2,3)26-27-23-20-19-21-24-27;9-7(10)4-1-2-6(16(13,14)15)5(3-4)8(11)12/h19-21,23-24H,4-18,22,25-26H2,1-3H3;1-3H,(H,13,14,15)/q+1;. The summed E-state index contributed by atoms with van der Waals surface area (Å²) < 4.78 is 31.2. The molecule has 2 rings (SSSR count). The molecule has 0 aliphatic carbocycles. The quantitative estimate of drug-likeness (QED) is 0.0446. The molecule has 0 aromatic heterocycles. The smallest absolute Gasteiger partial charge is 0.301 e. The first-order valence-corrected chi connectivity index (χ1v) is 17.6. The summed E-state index contributed by atoms with van der Waals surface area (Å²) in [5, 5.41) is 20.8. The molecular weight excluding hydrogens is 582 g/mol. The Bertz CT molecular complexity index is 1210. The Hall–Kier alpha value is -2.89. The molecule has 0 aliphatic heterocycles. The van der Waals surface area contributed by atoms with Gasteiger partial charge in [-0.3, -0.25) is 24.8 Å². The Kier molecular flexibility index (Phi) is 19.3. The van der Waals surface area contributed by atoms with E-state index in [0.29, 0.717) is 12.1 Å². The molecule has 0 radical (unpaired) electrons. The van der Waals surface area contributed by atoms with E-state index in [1.54, 1.807) is 0 Å². The molecule has 0 unspecified atom stereocenters. The van der Waals surface area contributed by atoms with Crippen LogP contribution in [0.5, 0.6) is 0 Å². The van der Waals surface area contributed by atoms with Crippen LogP contribution in [0.3, 0.4) is 0 Å². The fourth-order valence-corrected chi connectivity index (χ4v) is 5.86. The maximum absolute atomic E-state index is 10.7. The first kappa shape index (κ1) is 39.1. The van der Waals surface area contributed by atoms with Crippen LogP contribution >= 0.6 is 0 Å².